The van der Waals surface area contributed by atoms with Gasteiger partial charge in [0.05, 0.1) is 11.9 Å². The Kier molecular flexibility index (Phi) is 3.61. The lowest BCUT2D eigenvalue weighted by atomic mass is 10.1. The molecule has 0 saturated heterocycles. The average molecular weight is 326 g/mol. The fourth-order valence-corrected chi connectivity index (χ4v) is 2.37. The van der Waals surface area contributed by atoms with Gasteiger partial charge in [-0.1, -0.05) is 52.3 Å². The maximum absolute atomic E-state index is 12.2. The second-order valence-electron chi connectivity index (χ2n) is 4.60. The van der Waals surface area contributed by atoms with Crippen molar-refractivity contribution in [2.45, 2.75) is 6.42 Å². The maximum atomic E-state index is 12.2. The highest BCUT2D eigenvalue weighted by molar-refractivity contribution is 9.10. The summed E-state index contributed by atoms with van der Waals surface area (Å²) in [7, 11) is 0. The number of benzene rings is 2. The molecule has 3 heteroatoms. The molecular weight excluding hydrogens is 314 g/mol. The lowest BCUT2D eigenvalue weighted by molar-refractivity contribution is 0.0992. The van der Waals surface area contributed by atoms with Gasteiger partial charge in [-0.25, -0.2) is 0 Å². The van der Waals surface area contributed by atoms with Gasteiger partial charge in [0.25, 0.3) is 0 Å². The zero-order chi connectivity index (χ0) is 13.9. The number of halogens is 1. The fraction of sp³-hybridized carbons (Fsp3) is 0.0588. The minimum atomic E-state index is 0.0836. The number of hydrogen-bond donors (Lipinski definition) is 0. The summed E-state index contributed by atoms with van der Waals surface area (Å²) < 4.78 is 0.970. The van der Waals surface area contributed by atoms with Crippen molar-refractivity contribution in [1.82, 2.24) is 4.98 Å². The summed E-state index contributed by atoms with van der Waals surface area (Å²) in [5, 5.41) is 1.09. The number of pyridine rings is 1. The maximum Gasteiger partial charge on any atom is 0.168 e. The first-order chi connectivity index (χ1) is 9.72. The molecule has 3 rings (SSSR count). The molecule has 0 fully saturated rings. The summed E-state index contributed by atoms with van der Waals surface area (Å²) in [6.45, 7) is 0. The molecule has 1 heterocycles. The second kappa shape index (κ2) is 5.55. The molecule has 0 bridgehead atoms. The second-order valence-corrected chi connectivity index (χ2v) is 5.52. The Labute approximate surface area is 125 Å². The van der Waals surface area contributed by atoms with E-state index in [0.717, 1.165) is 21.1 Å². The monoisotopic (exact) mass is 325 g/mol. The van der Waals surface area contributed by atoms with Crippen molar-refractivity contribution in [3.05, 3.63) is 76.4 Å². The van der Waals surface area contributed by atoms with Crippen LogP contribution in [0, 0.1) is 0 Å². The molecule has 98 valence electrons. The van der Waals surface area contributed by atoms with Crippen LogP contribution in [0.4, 0.5) is 0 Å². The third kappa shape index (κ3) is 2.78. The number of Topliss-reactive ketones (excluding diaryl/α,β-unsaturated/α-hetero) is 1. The molecule has 0 unspecified atom stereocenters. The third-order valence-corrected chi connectivity index (χ3v) is 3.69. The zero-order valence-electron chi connectivity index (χ0n) is 10.7. The molecule has 0 aliphatic rings. The predicted octanol–water partition coefficient (Wildman–Crippen LogP) is 4.42. The van der Waals surface area contributed by atoms with Crippen LogP contribution < -0.4 is 0 Å². The number of ketones is 1. The van der Waals surface area contributed by atoms with E-state index < -0.39 is 0 Å². The third-order valence-electron chi connectivity index (χ3n) is 3.16. The number of aromatic nitrogens is 1. The number of nitrogens with zero attached hydrogens (tertiary/aromatic N) is 1. The predicted molar refractivity (Wildman–Crippen MR) is 83.9 cm³/mol. The van der Waals surface area contributed by atoms with Gasteiger partial charge in [-0.05, 0) is 24.3 Å². The van der Waals surface area contributed by atoms with Gasteiger partial charge in [0.15, 0.2) is 5.78 Å². The van der Waals surface area contributed by atoms with E-state index >= 15 is 0 Å². The summed E-state index contributed by atoms with van der Waals surface area (Å²) in [5.41, 5.74) is 2.44. The molecule has 0 aliphatic carbocycles. The van der Waals surface area contributed by atoms with E-state index in [0.29, 0.717) is 12.0 Å². The van der Waals surface area contributed by atoms with Crippen molar-refractivity contribution < 1.29 is 4.79 Å². The number of para-hydroxylation sites is 1. The normalized spacial score (nSPS) is 10.7. The average Bonchev–Trinajstić information content (AvgIpc) is 2.48. The molecule has 0 N–H and O–H groups in total. The molecule has 0 spiro atoms. The SMILES string of the molecule is O=C(Cc1ccc2ccccc2n1)c1ccc(Br)cc1. The summed E-state index contributed by atoms with van der Waals surface area (Å²) in [6, 6.07) is 19.2. The zero-order valence-corrected chi connectivity index (χ0v) is 12.3. The van der Waals surface area contributed by atoms with Gasteiger partial charge in [-0.2, -0.15) is 0 Å². The van der Waals surface area contributed by atoms with Crippen molar-refractivity contribution >= 4 is 32.6 Å². The first-order valence-corrected chi connectivity index (χ1v) is 7.15. The largest absolute Gasteiger partial charge is 0.294 e. The Hall–Kier alpha value is -2.00. The molecule has 1 aromatic heterocycles. The Morgan fingerprint density at radius 1 is 0.950 bits per heavy atom. The Morgan fingerprint density at radius 3 is 2.50 bits per heavy atom. The van der Waals surface area contributed by atoms with E-state index in [-0.39, 0.29) is 5.78 Å². The van der Waals surface area contributed by atoms with Crippen LogP contribution in [0.1, 0.15) is 16.1 Å². The van der Waals surface area contributed by atoms with Crippen LogP contribution in [-0.2, 0) is 6.42 Å². The fourth-order valence-electron chi connectivity index (χ4n) is 2.11. The smallest absolute Gasteiger partial charge is 0.168 e. The molecule has 0 atom stereocenters. The van der Waals surface area contributed by atoms with E-state index in [4.69, 9.17) is 0 Å². The van der Waals surface area contributed by atoms with Crippen LogP contribution >= 0.6 is 15.9 Å². The number of carbonyl (C=O) groups is 1. The van der Waals surface area contributed by atoms with Gasteiger partial charge >= 0.3 is 0 Å². The summed E-state index contributed by atoms with van der Waals surface area (Å²) in [6.07, 6.45) is 0.326. The van der Waals surface area contributed by atoms with Gasteiger partial charge in [0.2, 0.25) is 0 Å². The van der Waals surface area contributed by atoms with E-state index in [9.17, 15) is 4.79 Å². The Morgan fingerprint density at radius 2 is 1.70 bits per heavy atom. The van der Waals surface area contributed by atoms with Crippen molar-refractivity contribution in [3.8, 4) is 0 Å². The van der Waals surface area contributed by atoms with Gasteiger partial charge in [-0.3, -0.25) is 9.78 Å². The number of hydrogen-bond acceptors (Lipinski definition) is 2. The van der Waals surface area contributed by atoms with Crippen molar-refractivity contribution in [2.24, 2.45) is 0 Å². The standard InChI is InChI=1S/C17H12BrNO/c18-14-8-5-13(6-9-14)17(20)11-15-10-7-12-3-1-2-4-16(12)19-15/h1-10H,11H2. The van der Waals surface area contributed by atoms with Gasteiger partial charge < -0.3 is 0 Å². The van der Waals surface area contributed by atoms with Crippen LogP contribution in [-0.4, -0.2) is 10.8 Å². The minimum absolute atomic E-state index is 0.0836. The van der Waals surface area contributed by atoms with Crippen molar-refractivity contribution in [3.63, 3.8) is 0 Å². The minimum Gasteiger partial charge on any atom is -0.294 e. The molecular formula is C17H12BrNO. The number of carbonyl (C=O) groups excluding carboxylic acids is 1. The van der Waals surface area contributed by atoms with E-state index in [1.165, 1.54) is 0 Å². The molecule has 20 heavy (non-hydrogen) atoms. The molecule has 0 radical (unpaired) electrons. The van der Waals surface area contributed by atoms with E-state index in [1.54, 1.807) is 0 Å². The highest BCUT2D eigenvalue weighted by atomic mass is 79.9. The topological polar surface area (TPSA) is 30.0 Å². The van der Waals surface area contributed by atoms with Crippen LogP contribution in [0.15, 0.2) is 65.1 Å². The molecule has 2 aromatic carbocycles. The Bertz CT molecular complexity index is 765. The van der Waals surface area contributed by atoms with E-state index in [1.807, 2.05) is 60.7 Å². The van der Waals surface area contributed by atoms with Crippen molar-refractivity contribution in [1.29, 1.82) is 0 Å². The summed E-state index contributed by atoms with van der Waals surface area (Å²) in [4.78, 5) is 16.7. The summed E-state index contributed by atoms with van der Waals surface area (Å²) in [5.74, 6) is 0.0836. The number of fused-ring (bicyclic) bond motifs is 1. The van der Waals surface area contributed by atoms with Crippen LogP contribution in [0.25, 0.3) is 10.9 Å². The van der Waals surface area contributed by atoms with Crippen LogP contribution in [0.3, 0.4) is 0 Å². The highest BCUT2D eigenvalue weighted by Gasteiger charge is 2.08. The van der Waals surface area contributed by atoms with Crippen LogP contribution in [0.2, 0.25) is 0 Å². The van der Waals surface area contributed by atoms with E-state index in [2.05, 4.69) is 20.9 Å². The van der Waals surface area contributed by atoms with Gasteiger partial charge in [-0.15, -0.1) is 0 Å². The van der Waals surface area contributed by atoms with Gasteiger partial charge in [0.1, 0.15) is 0 Å². The van der Waals surface area contributed by atoms with Gasteiger partial charge in [0, 0.05) is 21.1 Å². The molecule has 2 nitrogen and oxygen atoms in total. The summed E-state index contributed by atoms with van der Waals surface area (Å²) >= 11 is 3.36. The Balaban J connectivity index is 1.85. The van der Waals surface area contributed by atoms with Crippen molar-refractivity contribution in [2.75, 3.05) is 0 Å². The number of rotatable bonds is 3. The molecule has 0 amide bonds. The first kappa shape index (κ1) is 13.0. The molecule has 3 aromatic rings. The molecule has 0 aliphatic heterocycles. The highest BCUT2D eigenvalue weighted by Crippen LogP contribution is 2.15. The van der Waals surface area contributed by atoms with Crippen LogP contribution in [0.5, 0.6) is 0 Å². The first-order valence-electron chi connectivity index (χ1n) is 6.36. The lowest BCUT2D eigenvalue weighted by Gasteiger charge is -2.03. The quantitative estimate of drug-likeness (QED) is 0.667. The lowest BCUT2D eigenvalue weighted by Crippen LogP contribution is -2.04. The molecule has 0 saturated carbocycles.